The molecule has 10 nitrogen and oxygen atoms in total. The quantitative estimate of drug-likeness (QED) is 0.271. The van der Waals surface area contributed by atoms with E-state index in [1.165, 1.54) is 12.1 Å². The summed E-state index contributed by atoms with van der Waals surface area (Å²) in [7, 11) is 0. The maximum absolute atomic E-state index is 14.9. The Labute approximate surface area is 307 Å². The predicted molar refractivity (Wildman–Crippen MR) is 197 cm³/mol. The molecule has 4 aliphatic rings. The van der Waals surface area contributed by atoms with Gasteiger partial charge in [-0.25, -0.2) is 9.18 Å². The number of carbonyl (C=O) groups excluding carboxylic acids is 4. The third-order valence-electron chi connectivity index (χ3n) is 11.7. The Morgan fingerprint density at radius 1 is 0.846 bits per heavy atom. The highest BCUT2D eigenvalue weighted by atomic mass is 19.1. The summed E-state index contributed by atoms with van der Waals surface area (Å²) in [5.41, 5.74) is 0.202. The standard InChI is InChI=1S/C41H59FN4O6/c1-40(2,3)51-34(47)22-29(25-13-9-7-10-14-25)37(48)46-24-31(30-23-43-32-21-27(42)17-18-28(30)32)36-33(46)19-20-45(36)38(49)35(26-15-11-8-12-16-26)44-39(50)52-41(4,5)6/h17-18,21,23,25-26,29,31,33,35-36,43H,7-16,19-20,22,24H2,1-6H3,(H,44,50)/t29-,31+,33+,35-,36+/m0/s1. The maximum Gasteiger partial charge on any atom is 0.408 e. The molecule has 0 spiro atoms. The van der Waals surface area contributed by atoms with Crippen molar-refractivity contribution in [2.24, 2.45) is 17.8 Å². The smallest absolute Gasteiger partial charge is 0.408 e. The van der Waals surface area contributed by atoms with Crippen molar-refractivity contribution in [2.45, 2.75) is 154 Å². The zero-order valence-corrected chi connectivity index (χ0v) is 32.0. The number of alkyl carbamates (subject to hydrolysis) is 1. The number of benzene rings is 1. The summed E-state index contributed by atoms with van der Waals surface area (Å²) in [5, 5.41) is 3.84. The number of amides is 3. The number of nitrogens with zero attached hydrogens (tertiary/aromatic N) is 2. The minimum absolute atomic E-state index is 0.0222. The molecule has 2 N–H and O–H groups in total. The van der Waals surface area contributed by atoms with Crippen LogP contribution in [0.25, 0.3) is 10.9 Å². The molecule has 0 bridgehead atoms. The first-order valence-corrected chi connectivity index (χ1v) is 19.7. The number of fused-ring (bicyclic) bond motifs is 2. The molecule has 52 heavy (non-hydrogen) atoms. The number of hydrogen-bond acceptors (Lipinski definition) is 6. The number of hydrogen-bond donors (Lipinski definition) is 2. The SMILES string of the molecule is CC(C)(C)OC(=O)C[C@H](C(=O)N1C[C@H](c2c[nH]c3cc(F)ccc23)[C@@H]2[C@H]1CCN2C(=O)[C@@H](NC(=O)OC(C)(C)C)C1CCCCC1)C1CCCCC1. The van der Waals surface area contributed by atoms with E-state index in [1.54, 1.807) is 26.8 Å². The molecule has 1 aromatic heterocycles. The molecule has 2 aliphatic carbocycles. The lowest BCUT2D eigenvalue weighted by Gasteiger charge is -2.36. The van der Waals surface area contributed by atoms with Gasteiger partial charge in [0.1, 0.15) is 23.1 Å². The second kappa shape index (κ2) is 15.4. The summed E-state index contributed by atoms with van der Waals surface area (Å²) in [5.74, 6) is -1.63. The monoisotopic (exact) mass is 722 g/mol. The lowest BCUT2D eigenvalue weighted by atomic mass is 9.77. The third-order valence-corrected chi connectivity index (χ3v) is 11.7. The summed E-state index contributed by atoms with van der Waals surface area (Å²) in [6.07, 6.45) is 11.6. The molecule has 3 amide bonds. The molecular formula is C41H59FN4O6. The van der Waals surface area contributed by atoms with Crippen molar-refractivity contribution in [3.63, 3.8) is 0 Å². The van der Waals surface area contributed by atoms with Crippen LogP contribution in [0.2, 0.25) is 0 Å². The van der Waals surface area contributed by atoms with Crippen LogP contribution in [0.3, 0.4) is 0 Å². The number of aromatic nitrogens is 1. The number of H-pyrrole nitrogens is 1. The van der Waals surface area contributed by atoms with Gasteiger partial charge < -0.3 is 29.6 Å². The van der Waals surface area contributed by atoms with E-state index in [1.807, 2.05) is 36.8 Å². The highest BCUT2D eigenvalue weighted by Gasteiger charge is 2.55. The molecule has 2 saturated heterocycles. The molecular weight excluding hydrogens is 663 g/mol. The van der Waals surface area contributed by atoms with E-state index in [9.17, 15) is 23.6 Å². The molecule has 286 valence electrons. The van der Waals surface area contributed by atoms with E-state index < -0.39 is 29.3 Å². The van der Waals surface area contributed by atoms with Gasteiger partial charge in [-0.2, -0.15) is 0 Å². The van der Waals surface area contributed by atoms with Gasteiger partial charge in [-0.05, 0) is 109 Å². The lowest BCUT2D eigenvalue weighted by Crippen LogP contribution is -2.55. The number of carbonyl (C=O) groups is 4. The van der Waals surface area contributed by atoms with Gasteiger partial charge in [-0.15, -0.1) is 0 Å². The average molecular weight is 723 g/mol. The van der Waals surface area contributed by atoms with Crippen molar-refractivity contribution >= 4 is 34.8 Å². The fraction of sp³-hybridized carbons (Fsp3) is 0.707. The van der Waals surface area contributed by atoms with Crippen LogP contribution < -0.4 is 5.32 Å². The fourth-order valence-electron chi connectivity index (χ4n) is 9.53. The number of ether oxygens (including phenoxy) is 2. The molecule has 4 fully saturated rings. The summed E-state index contributed by atoms with van der Waals surface area (Å²) < 4.78 is 25.7. The van der Waals surface area contributed by atoms with E-state index >= 15 is 0 Å². The Morgan fingerprint density at radius 2 is 1.48 bits per heavy atom. The van der Waals surface area contributed by atoms with Crippen molar-refractivity contribution in [2.75, 3.05) is 13.1 Å². The molecule has 3 heterocycles. The number of aromatic amines is 1. The lowest BCUT2D eigenvalue weighted by molar-refractivity contribution is -0.160. The van der Waals surface area contributed by atoms with Crippen molar-refractivity contribution in [1.29, 1.82) is 0 Å². The number of rotatable bonds is 8. The fourth-order valence-corrected chi connectivity index (χ4v) is 9.53. The number of esters is 1. The molecule has 0 unspecified atom stereocenters. The van der Waals surface area contributed by atoms with E-state index in [4.69, 9.17) is 9.47 Å². The second-order valence-electron chi connectivity index (χ2n) is 17.7. The van der Waals surface area contributed by atoms with E-state index in [2.05, 4.69) is 10.3 Å². The van der Waals surface area contributed by atoms with Gasteiger partial charge in [0.2, 0.25) is 11.8 Å². The summed E-state index contributed by atoms with van der Waals surface area (Å²) in [4.78, 5) is 63.4. The largest absolute Gasteiger partial charge is 0.460 e. The third kappa shape index (κ3) is 8.60. The Hall–Kier alpha value is -3.63. The van der Waals surface area contributed by atoms with E-state index in [-0.39, 0.29) is 59.9 Å². The van der Waals surface area contributed by atoms with Crippen molar-refractivity contribution in [3.05, 3.63) is 35.8 Å². The summed E-state index contributed by atoms with van der Waals surface area (Å²) in [6, 6.07) is 3.29. The molecule has 2 aromatic rings. The molecule has 2 aliphatic heterocycles. The van der Waals surface area contributed by atoms with Crippen LogP contribution >= 0.6 is 0 Å². The Balaban J connectivity index is 1.35. The van der Waals surface area contributed by atoms with Gasteiger partial charge in [0.25, 0.3) is 0 Å². The first-order valence-electron chi connectivity index (χ1n) is 19.7. The van der Waals surface area contributed by atoms with Gasteiger partial charge >= 0.3 is 12.1 Å². The summed E-state index contributed by atoms with van der Waals surface area (Å²) in [6.45, 7) is 11.7. The zero-order chi connectivity index (χ0) is 37.4. The van der Waals surface area contributed by atoms with Gasteiger partial charge in [-0.1, -0.05) is 38.5 Å². The van der Waals surface area contributed by atoms with Crippen LogP contribution in [0.5, 0.6) is 0 Å². The highest BCUT2D eigenvalue weighted by molar-refractivity contribution is 5.89. The first-order chi connectivity index (χ1) is 24.6. The Morgan fingerprint density at radius 3 is 2.12 bits per heavy atom. The van der Waals surface area contributed by atoms with Crippen LogP contribution in [0.4, 0.5) is 9.18 Å². The minimum Gasteiger partial charge on any atom is -0.460 e. The molecule has 11 heteroatoms. The van der Waals surface area contributed by atoms with Crippen molar-refractivity contribution in [1.82, 2.24) is 20.1 Å². The van der Waals surface area contributed by atoms with Crippen LogP contribution in [-0.2, 0) is 23.9 Å². The minimum atomic E-state index is -0.751. The summed E-state index contributed by atoms with van der Waals surface area (Å²) >= 11 is 0. The predicted octanol–water partition coefficient (Wildman–Crippen LogP) is 7.60. The Bertz CT molecular complexity index is 1550. The molecule has 2 saturated carbocycles. The van der Waals surface area contributed by atoms with E-state index in [0.717, 1.165) is 75.2 Å². The Kier molecular flexibility index (Phi) is 11.3. The van der Waals surface area contributed by atoms with Crippen LogP contribution in [0, 0.1) is 23.6 Å². The number of likely N-dealkylation sites (tertiary alicyclic amines) is 2. The van der Waals surface area contributed by atoms with Gasteiger partial charge in [-0.3, -0.25) is 14.4 Å². The molecule has 6 rings (SSSR count). The maximum atomic E-state index is 14.9. The van der Waals surface area contributed by atoms with Crippen molar-refractivity contribution < 1.29 is 33.0 Å². The zero-order valence-electron chi connectivity index (χ0n) is 32.0. The van der Waals surface area contributed by atoms with Crippen LogP contribution in [0.15, 0.2) is 24.4 Å². The van der Waals surface area contributed by atoms with Crippen LogP contribution in [-0.4, -0.2) is 81.1 Å². The molecule has 0 radical (unpaired) electrons. The van der Waals surface area contributed by atoms with Gasteiger partial charge in [0, 0.05) is 36.1 Å². The second-order valence-corrected chi connectivity index (χ2v) is 17.7. The van der Waals surface area contributed by atoms with Crippen LogP contribution in [0.1, 0.15) is 130 Å². The van der Waals surface area contributed by atoms with Gasteiger partial charge in [0.15, 0.2) is 0 Å². The number of nitrogens with one attached hydrogen (secondary N) is 2. The molecule has 5 atom stereocenters. The highest BCUT2D eigenvalue weighted by Crippen LogP contribution is 2.46. The number of halogens is 1. The van der Waals surface area contributed by atoms with Gasteiger partial charge in [0.05, 0.1) is 24.4 Å². The topological polar surface area (TPSA) is 121 Å². The average Bonchev–Trinajstić information content (AvgIpc) is 3.79. The first kappa shape index (κ1) is 38.1. The van der Waals surface area contributed by atoms with Crippen molar-refractivity contribution in [3.8, 4) is 0 Å². The van der Waals surface area contributed by atoms with E-state index in [0.29, 0.717) is 25.0 Å². The molecule has 1 aromatic carbocycles. The normalized spacial score (nSPS) is 24.4.